The molecule has 0 saturated carbocycles. The van der Waals surface area contributed by atoms with E-state index in [0.717, 1.165) is 4.31 Å². The van der Waals surface area contributed by atoms with Crippen LogP contribution in [0.5, 0.6) is 5.75 Å². The van der Waals surface area contributed by atoms with Gasteiger partial charge in [0.05, 0.1) is 0 Å². The summed E-state index contributed by atoms with van der Waals surface area (Å²) in [6, 6.07) is 8.31. The molecule has 22 heavy (non-hydrogen) atoms. The van der Waals surface area contributed by atoms with Crippen molar-refractivity contribution in [3.63, 3.8) is 0 Å². The van der Waals surface area contributed by atoms with Crippen LogP contribution in [0.4, 0.5) is 4.39 Å². The zero-order chi connectivity index (χ0) is 16.2. The summed E-state index contributed by atoms with van der Waals surface area (Å²) in [5, 5.41) is 0.223. The summed E-state index contributed by atoms with van der Waals surface area (Å²) in [6.07, 6.45) is 1.20. The van der Waals surface area contributed by atoms with Crippen LogP contribution in [-0.2, 0) is 10.0 Å². The number of halogens is 2. The third-order valence-corrected chi connectivity index (χ3v) is 4.96. The standard InChI is InChI=1S/C14H14ClFN2O3S/c1-18(8-9-21-12-4-2-11(16)3-5-12)22(19,20)13-6-7-14(15)17-10-13/h2-7,10H,8-9H2,1H3. The van der Waals surface area contributed by atoms with E-state index >= 15 is 0 Å². The quantitative estimate of drug-likeness (QED) is 0.756. The number of sulfonamides is 1. The molecule has 2 aromatic rings. The van der Waals surface area contributed by atoms with Crippen LogP contribution in [0.3, 0.4) is 0 Å². The van der Waals surface area contributed by atoms with Crippen LogP contribution < -0.4 is 4.74 Å². The molecule has 0 aliphatic heterocycles. The van der Waals surface area contributed by atoms with E-state index in [-0.39, 0.29) is 29.0 Å². The summed E-state index contributed by atoms with van der Waals surface area (Å²) in [4.78, 5) is 3.81. The van der Waals surface area contributed by atoms with Crippen molar-refractivity contribution in [1.82, 2.24) is 9.29 Å². The van der Waals surface area contributed by atoms with Crippen LogP contribution in [0.25, 0.3) is 0 Å². The Morgan fingerprint density at radius 1 is 1.23 bits per heavy atom. The van der Waals surface area contributed by atoms with E-state index in [0.29, 0.717) is 5.75 Å². The van der Waals surface area contributed by atoms with Gasteiger partial charge in [-0.1, -0.05) is 11.6 Å². The second kappa shape index (κ2) is 7.04. The maximum absolute atomic E-state index is 12.8. The van der Waals surface area contributed by atoms with Gasteiger partial charge in [0.15, 0.2) is 0 Å². The first-order chi connectivity index (χ1) is 10.4. The highest BCUT2D eigenvalue weighted by Crippen LogP contribution is 2.15. The van der Waals surface area contributed by atoms with E-state index in [1.165, 1.54) is 49.6 Å². The zero-order valence-electron chi connectivity index (χ0n) is 11.7. The minimum absolute atomic E-state index is 0.0567. The highest BCUT2D eigenvalue weighted by molar-refractivity contribution is 7.89. The molecule has 0 atom stereocenters. The second-order valence-electron chi connectivity index (χ2n) is 4.45. The molecule has 5 nitrogen and oxygen atoms in total. The van der Waals surface area contributed by atoms with Crippen molar-refractivity contribution in [1.29, 1.82) is 0 Å². The molecule has 118 valence electrons. The van der Waals surface area contributed by atoms with E-state index < -0.39 is 10.0 Å². The van der Waals surface area contributed by atoms with Crippen LogP contribution >= 0.6 is 11.6 Å². The molecular formula is C14H14ClFN2O3S. The van der Waals surface area contributed by atoms with Gasteiger partial charge in [-0.25, -0.2) is 17.8 Å². The Kier molecular flexibility index (Phi) is 5.33. The molecule has 1 heterocycles. The third-order valence-electron chi connectivity index (χ3n) is 2.90. The van der Waals surface area contributed by atoms with Gasteiger partial charge in [0.25, 0.3) is 0 Å². The smallest absolute Gasteiger partial charge is 0.244 e. The van der Waals surface area contributed by atoms with Crippen molar-refractivity contribution < 1.29 is 17.5 Å². The minimum Gasteiger partial charge on any atom is -0.492 e. The Morgan fingerprint density at radius 2 is 1.91 bits per heavy atom. The van der Waals surface area contributed by atoms with Crippen LogP contribution in [0.2, 0.25) is 5.15 Å². The van der Waals surface area contributed by atoms with E-state index in [2.05, 4.69) is 4.98 Å². The number of likely N-dealkylation sites (N-methyl/N-ethyl adjacent to an activating group) is 1. The fraction of sp³-hybridized carbons (Fsp3) is 0.214. The summed E-state index contributed by atoms with van der Waals surface area (Å²) in [5.74, 6) is 0.114. The SMILES string of the molecule is CN(CCOc1ccc(F)cc1)S(=O)(=O)c1ccc(Cl)nc1. The maximum Gasteiger partial charge on any atom is 0.244 e. The molecule has 0 bridgehead atoms. The Hall–Kier alpha value is -1.70. The largest absolute Gasteiger partial charge is 0.492 e. The molecule has 0 unspecified atom stereocenters. The average Bonchev–Trinajstić information content (AvgIpc) is 2.49. The number of benzene rings is 1. The van der Waals surface area contributed by atoms with Crippen molar-refractivity contribution in [3.05, 3.63) is 53.6 Å². The molecule has 0 N–H and O–H groups in total. The second-order valence-corrected chi connectivity index (χ2v) is 6.88. The van der Waals surface area contributed by atoms with E-state index in [9.17, 15) is 12.8 Å². The van der Waals surface area contributed by atoms with Crippen LogP contribution in [0.15, 0.2) is 47.5 Å². The number of pyridine rings is 1. The van der Waals surface area contributed by atoms with Gasteiger partial charge < -0.3 is 4.74 Å². The molecule has 0 fully saturated rings. The predicted octanol–water partition coefficient (Wildman–Crippen LogP) is 2.57. The van der Waals surface area contributed by atoms with Gasteiger partial charge in [-0.3, -0.25) is 0 Å². The summed E-state index contributed by atoms with van der Waals surface area (Å²) in [7, 11) is -2.20. The molecule has 0 saturated heterocycles. The molecule has 0 amide bonds. The molecule has 1 aromatic heterocycles. The van der Waals surface area contributed by atoms with E-state index in [1.54, 1.807) is 0 Å². The van der Waals surface area contributed by atoms with Gasteiger partial charge in [0.1, 0.15) is 28.2 Å². The number of hydrogen-bond acceptors (Lipinski definition) is 4. The summed E-state index contributed by atoms with van der Waals surface area (Å²) in [5.41, 5.74) is 0. The topological polar surface area (TPSA) is 59.5 Å². The molecule has 2 rings (SSSR count). The molecular weight excluding hydrogens is 331 g/mol. The Balaban J connectivity index is 1.94. The fourth-order valence-electron chi connectivity index (χ4n) is 1.64. The molecule has 0 radical (unpaired) electrons. The van der Waals surface area contributed by atoms with Gasteiger partial charge in [-0.15, -0.1) is 0 Å². The van der Waals surface area contributed by atoms with Crippen molar-refractivity contribution in [2.24, 2.45) is 0 Å². The molecule has 0 aliphatic rings. The zero-order valence-corrected chi connectivity index (χ0v) is 13.3. The molecule has 0 spiro atoms. The predicted molar refractivity (Wildman–Crippen MR) is 81.0 cm³/mol. The summed E-state index contributed by atoms with van der Waals surface area (Å²) >= 11 is 5.64. The lowest BCUT2D eigenvalue weighted by Crippen LogP contribution is -2.31. The van der Waals surface area contributed by atoms with Gasteiger partial charge >= 0.3 is 0 Å². The first-order valence-corrected chi connectivity index (χ1v) is 8.17. The first kappa shape index (κ1) is 16.7. The van der Waals surface area contributed by atoms with Crippen molar-refractivity contribution in [3.8, 4) is 5.75 Å². The Morgan fingerprint density at radius 3 is 2.50 bits per heavy atom. The molecule has 0 aliphatic carbocycles. The minimum atomic E-state index is -3.64. The van der Waals surface area contributed by atoms with Gasteiger partial charge in [-0.05, 0) is 36.4 Å². The van der Waals surface area contributed by atoms with Gasteiger partial charge in [0, 0.05) is 19.8 Å². The lowest BCUT2D eigenvalue weighted by molar-refractivity contribution is 0.286. The summed E-state index contributed by atoms with van der Waals surface area (Å²) < 4.78 is 43.8. The Labute approximate surface area is 133 Å². The highest BCUT2D eigenvalue weighted by atomic mass is 35.5. The maximum atomic E-state index is 12.8. The van der Waals surface area contributed by atoms with Crippen molar-refractivity contribution in [2.75, 3.05) is 20.2 Å². The number of ether oxygens (including phenoxy) is 1. The fourth-order valence-corrected chi connectivity index (χ4v) is 2.85. The van der Waals surface area contributed by atoms with E-state index in [4.69, 9.17) is 16.3 Å². The Bertz CT molecular complexity index is 721. The number of aromatic nitrogens is 1. The van der Waals surface area contributed by atoms with Crippen molar-refractivity contribution in [2.45, 2.75) is 4.90 Å². The molecule has 1 aromatic carbocycles. The molecule has 8 heteroatoms. The number of hydrogen-bond donors (Lipinski definition) is 0. The normalized spacial score (nSPS) is 11.6. The monoisotopic (exact) mass is 344 g/mol. The van der Waals surface area contributed by atoms with Gasteiger partial charge in [0.2, 0.25) is 10.0 Å². The van der Waals surface area contributed by atoms with Crippen LogP contribution in [-0.4, -0.2) is 37.9 Å². The average molecular weight is 345 g/mol. The van der Waals surface area contributed by atoms with Crippen molar-refractivity contribution >= 4 is 21.6 Å². The van der Waals surface area contributed by atoms with Crippen LogP contribution in [0.1, 0.15) is 0 Å². The third kappa shape index (κ3) is 4.16. The lowest BCUT2D eigenvalue weighted by Gasteiger charge is -2.17. The highest BCUT2D eigenvalue weighted by Gasteiger charge is 2.20. The number of nitrogens with zero attached hydrogens (tertiary/aromatic N) is 2. The summed E-state index contributed by atoms with van der Waals surface area (Å²) in [6.45, 7) is 0.282. The van der Waals surface area contributed by atoms with E-state index in [1.807, 2.05) is 0 Å². The van der Waals surface area contributed by atoms with Crippen LogP contribution in [0, 0.1) is 5.82 Å². The lowest BCUT2D eigenvalue weighted by atomic mass is 10.3. The number of rotatable bonds is 6. The van der Waals surface area contributed by atoms with Gasteiger partial charge in [-0.2, -0.15) is 4.31 Å². The first-order valence-electron chi connectivity index (χ1n) is 6.36.